The zero-order valence-corrected chi connectivity index (χ0v) is 15.3. The van der Waals surface area contributed by atoms with Crippen LogP contribution >= 0.6 is 11.3 Å². The summed E-state index contributed by atoms with van der Waals surface area (Å²) in [5, 5.41) is 11.4. The molecule has 0 saturated heterocycles. The van der Waals surface area contributed by atoms with Gasteiger partial charge in [-0.15, -0.1) is 11.3 Å². The molecule has 0 fully saturated rings. The second-order valence-corrected chi connectivity index (χ2v) is 7.54. The van der Waals surface area contributed by atoms with E-state index in [4.69, 9.17) is 0 Å². The van der Waals surface area contributed by atoms with E-state index in [1.807, 2.05) is 24.0 Å². The van der Waals surface area contributed by atoms with Gasteiger partial charge in [-0.1, -0.05) is 30.3 Å². The average molecular weight is 361 g/mol. The van der Waals surface area contributed by atoms with E-state index in [-0.39, 0.29) is 6.04 Å². The monoisotopic (exact) mass is 361 g/mol. The van der Waals surface area contributed by atoms with E-state index in [1.165, 1.54) is 22.4 Å². The predicted molar refractivity (Wildman–Crippen MR) is 105 cm³/mol. The summed E-state index contributed by atoms with van der Waals surface area (Å²) in [5.74, 6) is 0.914. The Balaban J connectivity index is 1.59. The minimum atomic E-state index is 0.245. The minimum absolute atomic E-state index is 0.245. The molecule has 1 aliphatic rings. The van der Waals surface area contributed by atoms with Crippen LogP contribution in [0, 0.1) is 0 Å². The number of nitrogens with zero attached hydrogens (tertiary/aromatic N) is 4. The first-order valence-corrected chi connectivity index (χ1v) is 9.74. The van der Waals surface area contributed by atoms with Crippen molar-refractivity contribution < 1.29 is 0 Å². The highest BCUT2D eigenvalue weighted by molar-refractivity contribution is 7.17. The molecule has 130 valence electrons. The molecule has 6 heteroatoms. The largest absolute Gasteiger partial charge is 0.362 e. The smallest absolute Gasteiger partial charge is 0.139 e. The van der Waals surface area contributed by atoms with Gasteiger partial charge in [0.05, 0.1) is 17.6 Å². The van der Waals surface area contributed by atoms with Crippen LogP contribution in [0.1, 0.15) is 30.1 Å². The fourth-order valence-electron chi connectivity index (χ4n) is 3.84. The van der Waals surface area contributed by atoms with Crippen molar-refractivity contribution in [3.05, 3.63) is 59.5 Å². The van der Waals surface area contributed by atoms with Gasteiger partial charge in [-0.05, 0) is 24.8 Å². The van der Waals surface area contributed by atoms with Crippen LogP contribution in [0.5, 0.6) is 0 Å². The van der Waals surface area contributed by atoms with Gasteiger partial charge < -0.3 is 5.32 Å². The molecule has 0 spiro atoms. The fourth-order valence-corrected chi connectivity index (χ4v) is 4.75. The van der Waals surface area contributed by atoms with Gasteiger partial charge in [0.25, 0.3) is 0 Å². The zero-order chi connectivity index (χ0) is 17.5. The average Bonchev–Trinajstić information content (AvgIpc) is 3.28. The molecule has 0 amide bonds. The number of fused-ring (bicyclic) bond motifs is 2. The molecule has 5 nitrogen and oxygen atoms in total. The maximum absolute atomic E-state index is 4.60. The van der Waals surface area contributed by atoms with Crippen molar-refractivity contribution in [2.75, 3.05) is 5.32 Å². The lowest BCUT2D eigenvalue weighted by molar-refractivity contribution is 0.570. The Hall–Kier alpha value is -2.73. The zero-order valence-electron chi connectivity index (χ0n) is 14.5. The van der Waals surface area contributed by atoms with E-state index in [1.54, 1.807) is 17.7 Å². The van der Waals surface area contributed by atoms with Gasteiger partial charge in [0.15, 0.2) is 0 Å². The lowest BCUT2D eigenvalue weighted by Crippen LogP contribution is -2.18. The number of benzene rings is 1. The van der Waals surface area contributed by atoms with Crippen LogP contribution in [0.4, 0.5) is 5.82 Å². The van der Waals surface area contributed by atoms with Gasteiger partial charge in [0.1, 0.15) is 17.0 Å². The van der Waals surface area contributed by atoms with Crippen molar-refractivity contribution in [2.24, 2.45) is 7.05 Å². The summed E-state index contributed by atoms with van der Waals surface area (Å²) in [5.41, 5.74) is 5.01. The van der Waals surface area contributed by atoms with Gasteiger partial charge in [-0.2, -0.15) is 5.10 Å². The molecule has 1 unspecified atom stereocenters. The van der Waals surface area contributed by atoms with Crippen LogP contribution in [-0.2, 0) is 13.5 Å². The van der Waals surface area contributed by atoms with Crippen LogP contribution < -0.4 is 5.32 Å². The topological polar surface area (TPSA) is 55.6 Å². The summed E-state index contributed by atoms with van der Waals surface area (Å²) in [7, 11) is 2.02. The van der Waals surface area contributed by atoms with Gasteiger partial charge in [-0.25, -0.2) is 9.97 Å². The lowest BCUT2D eigenvalue weighted by Gasteiger charge is -2.24. The summed E-state index contributed by atoms with van der Waals surface area (Å²) in [6.45, 7) is 0. The van der Waals surface area contributed by atoms with Crippen molar-refractivity contribution in [1.82, 2.24) is 19.7 Å². The highest BCUT2D eigenvalue weighted by Crippen LogP contribution is 2.39. The summed E-state index contributed by atoms with van der Waals surface area (Å²) in [4.78, 5) is 10.1. The highest BCUT2D eigenvalue weighted by Gasteiger charge is 2.25. The molecule has 1 aliphatic carbocycles. The summed E-state index contributed by atoms with van der Waals surface area (Å²) in [6.07, 6.45) is 7.00. The standard InChI is InChI=1S/C20H19N5S/c1-25-17-9-5-8-16(14(17)10-23-25)24-19-18-15(13-6-3-2-4-7-13)11-26-20(18)22-12-21-19/h2-4,6-7,10-12,16H,5,8-9H2,1H3,(H,21,22,24). The number of hydrogen-bond acceptors (Lipinski definition) is 5. The third-order valence-corrected chi connectivity index (χ3v) is 6.03. The van der Waals surface area contributed by atoms with Gasteiger partial charge in [-0.3, -0.25) is 4.68 Å². The Kier molecular flexibility index (Phi) is 3.71. The van der Waals surface area contributed by atoms with Crippen LogP contribution in [-0.4, -0.2) is 19.7 Å². The molecule has 1 aromatic carbocycles. The molecular formula is C20H19N5S. The molecule has 3 aromatic heterocycles. The molecule has 1 atom stereocenters. The first-order valence-electron chi connectivity index (χ1n) is 8.86. The quantitative estimate of drug-likeness (QED) is 0.580. The first kappa shape index (κ1) is 15.5. The van der Waals surface area contributed by atoms with Crippen LogP contribution in [0.25, 0.3) is 21.3 Å². The molecule has 3 heterocycles. The van der Waals surface area contributed by atoms with Crippen molar-refractivity contribution in [1.29, 1.82) is 0 Å². The number of anilines is 1. The molecule has 1 N–H and O–H groups in total. The highest BCUT2D eigenvalue weighted by atomic mass is 32.1. The maximum atomic E-state index is 4.60. The van der Waals surface area contributed by atoms with E-state index in [0.717, 1.165) is 35.3 Å². The Labute approximate surface area is 155 Å². The van der Waals surface area contributed by atoms with Crippen molar-refractivity contribution >= 4 is 27.4 Å². The molecule has 0 radical (unpaired) electrons. The Morgan fingerprint density at radius 3 is 2.96 bits per heavy atom. The minimum Gasteiger partial charge on any atom is -0.362 e. The summed E-state index contributed by atoms with van der Waals surface area (Å²) < 4.78 is 2.00. The number of aryl methyl sites for hydroxylation is 1. The van der Waals surface area contributed by atoms with E-state index in [2.05, 4.69) is 50.0 Å². The van der Waals surface area contributed by atoms with E-state index in [0.29, 0.717) is 0 Å². The van der Waals surface area contributed by atoms with E-state index >= 15 is 0 Å². The molecule has 0 aliphatic heterocycles. The van der Waals surface area contributed by atoms with Crippen molar-refractivity contribution in [3.63, 3.8) is 0 Å². The van der Waals surface area contributed by atoms with Gasteiger partial charge >= 0.3 is 0 Å². The maximum Gasteiger partial charge on any atom is 0.139 e. The lowest BCUT2D eigenvalue weighted by atomic mass is 9.93. The normalized spacial score (nSPS) is 16.6. The second-order valence-electron chi connectivity index (χ2n) is 6.68. The molecular weight excluding hydrogens is 342 g/mol. The number of rotatable bonds is 3. The van der Waals surface area contributed by atoms with Crippen LogP contribution in [0.15, 0.2) is 48.2 Å². The van der Waals surface area contributed by atoms with Crippen molar-refractivity contribution in [3.8, 4) is 11.1 Å². The predicted octanol–water partition coefficient (Wildman–Crippen LogP) is 4.58. The van der Waals surface area contributed by atoms with Gasteiger partial charge in [0, 0.05) is 29.2 Å². The number of nitrogens with one attached hydrogen (secondary N) is 1. The van der Waals surface area contributed by atoms with E-state index in [9.17, 15) is 0 Å². The second kappa shape index (κ2) is 6.21. The Morgan fingerprint density at radius 2 is 2.08 bits per heavy atom. The summed E-state index contributed by atoms with van der Waals surface area (Å²) >= 11 is 1.67. The first-order chi connectivity index (χ1) is 12.8. The van der Waals surface area contributed by atoms with E-state index < -0.39 is 0 Å². The third-order valence-electron chi connectivity index (χ3n) is 5.14. The third kappa shape index (κ3) is 2.49. The fraction of sp³-hybridized carbons (Fsp3) is 0.250. The number of aromatic nitrogens is 4. The SMILES string of the molecule is Cn1ncc2c1CCCC2Nc1ncnc2scc(-c3ccccc3)c12. The number of thiophene rings is 1. The molecule has 5 rings (SSSR count). The van der Waals surface area contributed by atoms with Crippen LogP contribution in [0.2, 0.25) is 0 Å². The molecule has 26 heavy (non-hydrogen) atoms. The molecule has 0 saturated carbocycles. The summed E-state index contributed by atoms with van der Waals surface area (Å²) in [6, 6.07) is 10.7. The molecule has 0 bridgehead atoms. The number of hydrogen-bond donors (Lipinski definition) is 1. The molecule has 4 aromatic rings. The van der Waals surface area contributed by atoms with Crippen molar-refractivity contribution in [2.45, 2.75) is 25.3 Å². The van der Waals surface area contributed by atoms with Crippen LogP contribution in [0.3, 0.4) is 0 Å². The van der Waals surface area contributed by atoms with Gasteiger partial charge in [0.2, 0.25) is 0 Å². The Morgan fingerprint density at radius 1 is 1.19 bits per heavy atom. The Bertz CT molecular complexity index is 1070.